The Morgan fingerprint density at radius 3 is 2.41 bits per heavy atom. The Bertz CT molecular complexity index is 595. The topological polar surface area (TPSA) is 58.2 Å². The van der Waals surface area contributed by atoms with Crippen molar-refractivity contribution < 1.29 is 21.6 Å². The fourth-order valence-corrected chi connectivity index (χ4v) is 3.20. The number of rotatable bonds is 6. The van der Waals surface area contributed by atoms with Crippen LogP contribution in [-0.2, 0) is 16.2 Å². The fourth-order valence-electron chi connectivity index (χ4n) is 1.69. The molecule has 128 valence electrons. The number of benzene rings is 1. The molecule has 0 amide bonds. The van der Waals surface area contributed by atoms with Crippen molar-refractivity contribution in [3.63, 3.8) is 0 Å². The number of likely N-dealkylation sites (N-methyl/N-ethyl adjacent to an activating group) is 1. The Kier molecular flexibility index (Phi) is 8.15. The number of halogens is 5. The third kappa shape index (κ3) is 5.92. The Balaban J connectivity index is 0.00000441. The Hall–Kier alpha value is -0.540. The van der Waals surface area contributed by atoms with Gasteiger partial charge in [0.05, 0.1) is 10.5 Å². The molecular formula is C12H17Cl2F3N2O2S. The molecule has 1 atom stereocenters. The number of sulfonamides is 1. The Labute approximate surface area is 138 Å². The van der Waals surface area contributed by atoms with Gasteiger partial charge < -0.3 is 5.32 Å². The molecule has 4 nitrogen and oxygen atoms in total. The second-order valence-corrected chi connectivity index (χ2v) is 6.62. The summed E-state index contributed by atoms with van der Waals surface area (Å²) >= 11 is 5.52. The lowest BCUT2D eigenvalue weighted by Gasteiger charge is -2.16. The van der Waals surface area contributed by atoms with E-state index < -0.39 is 26.7 Å². The lowest BCUT2D eigenvalue weighted by atomic mass is 10.2. The molecular weight excluding hydrogens is 364 g/mol. The molecule has 2 N–H and O–H groups in total. The number of alkyl halides is 3. The van der Waals surface area contributed by atoms with Crippen LogP contribution in [0.1, 0.15) is 19.4 Å². The highest BCUT2D eigenvalue weighted by Gasteiger charge is 2.37. The van der Waals surface area contributed by atoms with Crippen LogP contribution >= 0.6 is 24.0 Å². The van der Waals surface area contributed by atoms with E-state index in [-0.39, 0.29) is 30.0 Å². The first-order valence-corrected chi connectivity index (χ1v) is 8.04. The molecule has 0 saturated carbocycles. The minimum absolute atomic E-state index is 0. The van der Waals surface area contributed by atoms with Gasteiger partial charge in [-0.15, -0.1) is 12.4 Å². The summed E-state index contributed by atoms with van der Waals surface area (Å²) in [4.78, 5) is -0.830. The lowest BCUT2D eigenvalue weighted by Crippen LogP contribution is -2.39. The van der Waals surface area contributed by atoms with Crippen molar-refractivity contribution in [2.45, 2.75) is 31.0 Å². The van der Waals surface area contributed by atoms with Gasteiger partial charge in [0.15, 0.2) is 0 Å². The zero-order chi connectivity index (χ0) is 16.3. The molecule has 22 heavy (non-hydrogen) atoms. The third-order valence-electron chi connectivity index (χ3n) is 2.67. The molecule has 1 aromatic carbocycles. The Morgan fingerprint density at radius 1 is 1.32 bits per heavy atom. The summed E-state index contributed by atoms with van der Waals surface area (Å²) in [6, 6.07) is 2.36. The van der Waals surface area contributed by atoms with E-state index in [1.807, 2.05) is 6.92 Å². The van der Waals surface area contributed by atoms with E-state index in [9.17, 15) is 21.6 Å². The van der Waals surface area contributed by atoms with Crippen LogP contribution in [0, 0.1) is 0 Å². The molecule has 0 heterocycles. The number of nitrogens with one attached hydrogen (secondary N) is 2. The van der Waals surface area contributed by atoms with E-state index >= 15 is 0 Å². The van der Waals surface area contributed by atoms with Crippen molar-refractivity contribution in [2.24, 2.45) is 0 Å². The predicted octanol–water partition coefficient (Wildman–Crippen LogP) is 3.06. The quantitative estimate of drug-likeness (QED) is 0.797. The van der Waals surface area contributed by atoms with E-state index in [4.69, 9.17) is 11.6 Å². The van der Waals surface area contributed by atoms with Crippen molar-refractivity contribution in [2.75, 3.05) is 13.1 Å². The van der Waals surface area contributed by atoms with Crippen molar-refractivity contribution >= 4 is 34.0 Å². The molecule has 0 aliphatic rings. The van der Waals surface area contributed by atoms with Crippen LogP contribution in [0.4, 0.5) is 13.2 Å². The summed E-state index contributed by atoms with van der Waals surface area (Å²) in [5.74, 6) is 0. The monoisotopic (exact) mass is 380 g/mol. The minimum atomic E-state index is -4.80. The van der Waals surface area contributed by atoms with Gasteiger partial charge in [-0.25, -0.2) is 13.1 Å². The highest BCUT2D eigenvalue weighted by molar-refractivity contribution is 7.89. The first-order valence-electron chi connectivity index (χ1n) is 6.17. The van der Waals surface area contributed by atoms with Crippen molar-refractivity contribution in [1.29, 1.82) is 0 Å². The minimum Gasteiger partial charge on any atom is -0.313 e. The number of hydrogen-bond acceptors (Lipinski definition) is 3. The van der Waals surface area contributed by atoms with Crippen LogP contribution in [0.15, 0.2) is 23.1 Å². The van der Waals surface area contributed by atoms with Crippen LogP contribution in [0.25, 0.3) is 0 Å². The molecule has 0 aliphatic heterocycles. The molecule has 1 aromatic rings. The average molecular weight is 381 g/mol. The largest absolute Gasteiger partial charge is 0.417 e. The summed E-state index contributed by atoms with van der Waals surface area (Å²) in [5.41, 5.74) is -1.28. The van der Waals surface area contributed by atoms with Gasteiger partial charge in [0.1, 0.15) is 0 Å². The summed E-state index contributed by atoms with van der Waals surface area (Å²) in [6.45, 7) is 4.16. The SMILES string of the molecule is CCN[C@H](C)CNS(=O)(=O)c1ccc(Cl)cc1C(F)(F)F.Cl. The van der Waals surface area contributed by atoms with Gasteiger partial charge in [-0.2, -0.15) is 13.2 Å². The highest BCUT2D eigenvalue weighted by Crippen LogP contribution is 2.35. The van der Waals surface area contributed by atoms with Crippen molar-refractivity contribution in [1.82, 2.24) is 10.0 Å². The molecule has 1 rings (SSSR count). The summed E-state index contributed by atoms with van der Waals surface area (Å²) in [6.07, 6.45) is -4.80. The average Bonchev–Trinajstić information content (AvgIpc) is 2.35. The molecule has 0 spiro atoms. The summed E-state index contributed by atoms with van der Waals surface area (Å²) < 4.78 is 65.0. The van der Waals surface area contributed by atoms with Crippen LogP contribution < -0.4 is 10.0 Å². The van der Waals surface area contributed by atoms with Gasteiger partial charge in [-0.05, 0) is 31.7 Å². The van der Waals surface area contributed by atoms with Gasteiger partial charge in [-0.1, -0.05) is 18.5 Å². The third-order valence-corrected chi connectivity index (χ3v) is 4.39. The van der Waals surface area contributed by atoms with Crippen LogP contribution in [-0.4, -0.2) is 27.5 Å². The molecule has 0 aliphatic carbocycles. The second-order valence-electron chi connectivity index (χ2n) is 4.45. The predicted molar refractivity (Wildman–Crippen MR) is 82.0 cm³/mol. The second kappa shape index (κ2) is 8.35. The normalized spacial score (nSPS) is 13.5. The van der Waals surface area contributed by atoms with E-state index in [1.54, 1.807) is 6.92 Å². The van der Waals surface area contributed by atoms with E-state index in [1.165, 1.54) is 0 Å². The first kappa shape index (κ1) is 21.5. The highest BCUT2D eigenvalue weighted by atomic mass is 35.5. The van der Waals surface area contributed by atoms with Crippen LogP contribution in [0.5, 0.6) is 0 Å². The number of hydrogen-bond donors (Lipinski definition) is 2. The summed E-state index contributed by atoms with van der Waals surface area (Å²) in [7, 11) is -4.27. The van der Waals surface area contributed by atoms with E-state index in [0.29, 0.717) is 12.6 Å². The van der Waals surface area contributed by atoms with E-state index in [0.717, 1.165) is 12.1 Å². The maximum atomic E-state index is 12.9. The molecule has 0 saturated heterocycles. The molecule has 0 bridgehead atoms. The van der Waals surface area contributed by atoms with Gasteiger partial charge in [-0.3, -0.25) is 0 Å². The zero-order valence-electron chi connectivity index (χ0n) is 11.9. The Morgan fingerprint density at radius 2 is 1.91 bits per heavy atom. The van der Waals surface area contributed by atoms with Gasteiger partial charge in [0.25, 0.3) is 0 Å². The first-order chi connectivity index (χ1) is 9.58. The van der Waals surface area contributed by atoms with Gasteiger partial charge >= 0.3 is 6.18 Å². The van der Waals surface area contributed by atoms with E-state index in [2.05, 4.69) is 10.0 Å². The fraction of sp³-hybridized carbons (Fsp3) is 0.500. The van der Waals surface area contributed by atoms with Gasteiger partial charge in [0.2, 0.25) is 10.0 Å². The zero-order valence-corrected chi connectivity index (χ0v) is 14.3. The van der Waals surface area contributed by atoms with Crippen molar-refractivity contribution in [3.8, 4) is 0 Å². The molecule has 0 unspecified atom stereocenters. The standard InChI is InChI=1S/C12H16ClF3N2O2S.ClH/c1-3-17-8(2)7-18-21(19,20)11-5-4-9(13)6-10(11)12(14,15)16;/h4-6,8,17-18H,3,7H2,1-2H3;1H/t8-;/m1./s1. The van der Waals surface area contributed by atoms with Gasteiger partial charge in [0, 0.05) is 17.6 Å². The smallest absolute Gasteiger partial charge is 0.313 e. The molecule has 0 fully saturated rings. The van der Waals surface area contributed by atoms with Crippen molar-refractivity contribution in [3.05, 3.63) is 28.8 Å². The van der Waals surface area contributed by atoms with Crippen LogP contribution in [0.3, 0.4) is 0 Å². The maximum Gasteiger partial charge on any atom is 0.417 e. The van der Waals surface area contributed by atoms with Crippen LogP contribution in [0.2, 0.25) is 5.02 Å². The molecule has 10 heteroatoms. The summed E-state index contributed by atoms with van der Waals surface area (Å²) in [5, 5.41) is 2.77. The molecule has 0 radical (unpaired) electrons. The lowest BCUT2D eigenvalue weighted by molar-refractivity contribution is -0.139. The molecule has 0 aromatic heterocycles. The maximum absolute atomic E-state index is 12.9.